The first-order chi connectivity index (χ1) is 14.2. The lowest BCUT2D eigenvalue weighted by Crippen LogP contribution is -2.34. The zero-order chi connectivity index (χ0) is 21.6. The summed E-state index contributed by atoms with van der Waals surface area (Å²) >= 11 is 0. The monoisotopic (exact) mass is 411 g/mol. The van der Waals surface area contributed by atoms with Crippen LogP contribution in [-0.4, -0.2) is 55.1 Å². The number of carboxylic acid groups (broad SMARTS) is 1. The molecule has 0 unspecified atom stereocenters. The number of likely N-dealkylation sites (N-methyl/N-ethyl adjacent to an activating group) is 1. The standard InChI is InChI=1S/C21H25N5O4/c1-11-8-15-16(9-12(11)2)26(18-17(22-15)19(27)24-21(30)23-18)7-6-25(3)14-5-4-13(10-14)20(28)29/h8-9,13-14H,4-7,10H2,1-3H3,(H,28,29)(H,24,27,30)/t13-,14+/m0/s1. The molecule has 158 valence electrons. The molecule has 2 aliphatic heterocycles. The quantitative estimate of drug-likeness (QED) is 0.609. The lowest BCUT2D eigenvalue weighted by atomic mass is 10.1. The Morgan fingerprint density at radius 1 is 1.23 bits per heavy atom. The molecule has 0 saturated heterocycles. The molecular formula is C21H25N5O4. The van der Waals surface area contributed by atoms with Crippen LogP contribution in [0.3, 0.4) is 0 Å². The van der Waals surface area contributed by atoms with E-state index in [0.717, 1.165) is 23.1 Å². The first kappa shape index (κ1) is 20.2. The minimum atomic E-state index is -0.733. The third-order valence-electron chi connectivity index (χ3n) is 6.28. The SMILES string of the molecule is Cc1cc2nc3c(=O)[nH]c(=O)nc-3n(CCN(C)[C@@H]3CC[C@H](C(=O)O)C3)c2cc1C. The summed E-state index contributed by atoms with van der Waals surface area (Å²) in [5.41, 5.74) is 2.52. The van der Waals surface area contributed by atoms with E-state index in [9.17, 15) is 19.5 Å². The first-order valence-electron chi connectivity index (χ1n) is 10.1. The Balaban J connectivity index is 1.73. The molecule has 1 aromatic rings. The molecule has 2 N–H and O–H groups in total. The number of hydrogen-bond donors (Lipinski definition) is 2. The Bertz CT molecular complexity index is 1210. The summed E-state index contributed by atoms with van der Waals surface area (Å²) < 4.78 is 1.88. The average Bonchev–Trinajstić information content (AvgIpc) is 3.18. The van der Waals surface area contributed by atoms with Crippen molar-refractivity contribution in [2.75, 3.05) is 13.6 Å². The highest BCUT2D eigenvalue weighted by Crippen LogP contribution is 2.29. The van der Waals surface area contributed by atoms with Crippen molar-refractivity contribution in [2.45, 2.75) is 45.7 Å². The molecule has 2 heterocycles. The molecule has 0 amide bonds. The highest BCUT2D eigenvalue weighted by atomic mass is 16.4. The van der Waals surface area contributed by atoms with Crippen molar-refractivity contribution in [1.82, 2.24) is 24.4 Å². The van der Waals surface area contributed by atoms with Gasteiger partial charge in [-0.1, -0.05) is 0 Å². The van der Waals surface area contributed by atoms with Gasteiger partial charge in [0.25, 0.3) is 5.56 Å². The van der Waals surface area contributed by atoms with Crippen molar-refractivity contribution in [3.05, 3.63) is 44.1 Å². The fraction of sp³-hybridized carbons (Fsp3) is 0.476. The topological polar surface area (TPSA) is 121 Å². The molecule has 1 saturated carbocycles. The van der Waals surface area contributed by atoms with Gasteiger partial charge in [-0.15, -0.1) is 0 Å². The minimum Gasteiger partial charge on any atom is -0.481 e. The largest absolute Gasteiger partial charge is 0.481 e. The van der Waals surface area contributed by atoms with E-state index in [1.807, 2.05) is 37.6 Å². The van der Waals surface area contributed by atoms with Gasteiger partial charge in [-0.3, -0.25) is 14.6 Å². The third-order valence-corrected chi connectivity index (χ3v) is 6.28. The fourth-order valence-corrected chi connectivity index (χ4v) is 4.30. The van der Waals surface area contributed by atoms with E-state index in [1.54, 1.807) is 0 Å². The number of nitrogens with one attached hydrogen (secondary N) is 1. The third kappa shape index (κ3) is 3.60. The molecule has 30 heavy (non-hydrogen) atoms. The summed E-state index contributed by atoms with van der Waals surface area (Å²) in [6.45, 7) is 5.12. The number of rotatable bonds is 5. The van der Waals surface area contributed by atoms with Crippen LogP contribution >= 0.6 is 0 Å². The van der Waals surface area contributed by atoms with E-state index in [2.05, 4.69) is 19.9 Å². The van der Waals surface area contributed by atoms with Gasteiger partial charge < -0.3 is 14.6 Å². The first-order valence-corrected chi connectivity index (χ1v) is 10.1. The van der Waals surface area contributed by atoms with E-state index >= 15 is 0 Å². The Morgan fingerprint density at radius 3 is 2.67 bits per heavy atom. The van der Waals surface area contributed by atoms with Crippen LogP contribution in [0.2, 0.25) is 0 Å². The smallest absolute Gasteiger partial charge is 0.349 e. The van der Waals surface area contributed by atoms with Crippen LogP contribution in [0.1, 0.15) is 30.4 Å². The lowest BCUT2D eigenvalue weighted by Gasteiger charge is -2.26. The molecule has 0 aromatic heterocycles. The van der Waals surface area contributed by atoms with Crippen molar-refractivity contribution >= 4 is 17.0 Å². The minimum absolute atomic E-state index is 0.139. The molecule has 0 radical (unpaired) electrons. The van der Waals surface area contributed by atoms with Crippen molar-refractivity contribution in [3.63, 3.8) is 0 Å². The van der Waals surface area contributed by atoms with Gasteiger partial charge in [0.05, 0.1) is 17.0 Å². The van der Waals surface area contributed by atoms with Gasteiger partial charge in [-0.05, 0) is 63.4 Å². The van der Waals surface area contributed by atoms with Gasteiger partial charge in [0.2, 0.25) is 0 Å². The van der Waals surface area contributed by atoms with Gasteiger partial charge in [-0.25, -0.2) is 9.78 Å². The Morgan fingerprint density at radius 2 is 1.97 bits per heavy atom. The molecular weight excluding hydrogens is 386 g/mol. The Kier molecular flexibility index (Phi) is 5.15. The molecule has 1 aromatic carbocycles. The maximum absolute atomic E-state index is 12.4. The van der Waals surface area contributed by atoms with E-state index in [1.165, 1.54) is 0 Å². The van der Waals surface area contributed by atoms with E-state index in [4.69, 9.17) is 0 Å². The summed E-state index contributed by atoms with van der Waals surface area (Å²) in [4.78, 5) is 48.4. The fourth-order valence-electron chi connectivity index (χ4n) is 4.30. The summed E-state index contributed by atoms with van der Waals surface area (Å²) in [7, 11) is 1.98. The predicted octanol–water partition coefficient (Wildman–Crippen LogP) is 1.39. The molecule has 0 spiro atoms. The molecule has 2 atom stereocenters. The van der Waals surface area contributed by atoms with E-state index < -0.39 is 17.2 Å². The Hall–Kier alpha value is -3.07. The van der Waals surface area contributed by atoms with Crippen molar-refractivity contribution < 1.29 is 9.90 Å². The van der Waals surface area contributed by atoms with E-state index in [0.29, 0.717) is 31.4 Å². The van der Waals surface area contributed by atoms with Crippen LogP contribution in [0, 0.1) is 19.8 Å². The highest BCUT2D eigenvalue weighted by molar-refractivity contribution is 5.81. The summed E-state index contributed by atoms with van der Waals surface area (Å²) in [6.07, 6.45) is 2.17. The average molecular weight is 411 g/mol. The van der Waals surface area contributed by atoms with Gasteiger partial charge >= 0.3 is 11.7 Å². The van der Waals surface area contributed by atoms with Crippen LogP contribution < -0.4 is 11.2 Å². The second-order valence-corrected chi connectivity index (χ2v) is 8.21. The second-order valence-electron chi connectivity index (χ2n) is 8.21. The number of carbonyl (C=O) groups is 1. The second kappa shape index (κ2) is 7.64. The van der Waals surface area contributed by atoms with Gasteiger partial charge in [-0.2, -0.15) is 4.98 Å². The van der Waals surface area contributed by atoms with Crippen molar-refractivity contribution in [1.29, 1.82) is 0 Å². The molecule has 0 bridgehead atoms. The zero-order valence-corrected chi connectivity index (χ0v) is 17.3. The number of H-pyrrole nitrogens is 1. The maximum atomic E-state index is 12.4. The number of benzene rings is 1. The number of aromatic nitrogens is 4. The lowest BCUT2D eigenvalue weighted by molar-refractivity contribution is -0.141. The van der Waals surface area contributed by atoms with Gasteiger partial charge in [0.15, 0.2) is 11.5 Å². The zero-order valence-electron chi connectivity index (χ0n) is 17.3. The van der Waals surface area contributed by atoms with Crippen LogP contribution in [0.25, 0.3) is 22.6 Å². The molecule has 3 aliphatic rings. The molecule has 1 fully saturated rings. The highest BCUT2D eigenvalue weighted by Gasteiger charge is 2.32. The molecule has 9 heteroatoms. The number of nitrogens with zero attached hydrogens (tertiary/aromatic N) is 4. The van der Waals surface area contributed by atoms with Crippen molar-refractivity contribution in [2.24, 2.45) is 5.92 Å². The van der Waals surface area contributed by atoms with Gasteiger partial charge in [0.1, 0.15) is 0 Å². The van der Waals surface area contributed by atoms with Crippen LogP contribution in [0.5, 0.6) is 0 Å². The maximum Gasteiger partial charge on any atom is 0.349 e. The number of aryl methyl sites for hydroxylation is 2. The normalized spacial score (nSPS) is 19.2. The molecule has 1 aliphatic carbocycles. The molecule has 9 nitrogen and oxygen atoms in total. The van der Waals surface area contributed by atoms with Crippen LogP contribution in [0.4, 0.5) is 0 Å². The van der Waals surface area contributed by atoms with Crippen LogP contribution in [0.15, 0.2) is 21.7 Å². The summed E-state index contributed by atoms with van der Waals surface area (Å²) in [5.74, 6) is -0.757. The van der Waals surface area contributed by atoms with Gasteiger partial charge in [0, 0.05) is 19.1 Å². The number of aliphatic carboxylic acids is 1. The number of aromatic amines is 1. The predicted molar refractivity (Wildman–Crippen MR) is 112 cm³/mol. The Labute approximate surface area is 172 Å². The van der Waals surface area contributed by atoms with Crippen molar-refractivity contribution in [3.8, 4) is 11.5 Å². The summed E-state index contributed by atoms with van der Waals surface area (Å²) in [6, 6.07) is 4.13. The summed E-state index contributed by atoms with van der Waals surface area (Å²) in [5, 5.41) is 9.26. The molecule has 4 rings (SSSR count). The van der Waals surface area contributed by atoms with Crippen LogP contribution in [-0.2, 0) is 11.3 Å². The number of fused-ring (bicyclic) bond motifs is 2. The number of hydrogen-bond acceptors (Lipinski definition) is 6. The van der Waals surface area contributed by atoms with E-state index in [-0.39, 0.29) is 23.5 Å². The number of carboxylic acids is 1.